The minimum atomic E-state index is -1.43. The third-order valence-electron chi connectivity index (χ3n) is 1.54. The van der Waals surface area contributed by atoms with Crippen LogP contribution in [0, 0.1) is 23.3 Å². The smallest absolute Gasteiger partial charge is 0.165 e. The van der Waals surface area contributed by atoms with E-state index in [0.29, 0.717) is 0 Å². The van der Waals surface area contributed by atoms with Crippen LogP contribution in [-0.4, -0.2) is 11.0 Å². The van der Waals surface area contributed by atoms with Gasteiger partial charge in [0, 0.05) is 17.4 Å². The van der Waals surface area contributed by atoms with Crippen molar-refractivity contribution in [2.24, 2.45) is 0 Å². The summed E-state index contributed by atoms with van der Waals surface area (Å²) < 4.78 is 51.0. The lowest BCUT2D eigenvalue weighted by atomic mass is 10.2. The molecule has 0 atom stereocenters. The van der Waals surface area contributed by atoms with Crippen LogP contribution in [0.5, 0.6) is 0 Å². The summed E-state index contributed by atoms with van der Waals surface area (Å²) in [6, 6.07) is 0.151. The highest BCUT2D eigenvalue weighted by atomic mass is 32.2. The fourth-order valence-electron chi connectivity index (χ4n) is 0.897. The van der Waals surface area contributed by atoms with Gasteiger partial charge in [-0.15, -0.1) is 11.8 Å². The Morgan fingerprint density at radius 2 is 1.57 bits per heavy atom. The van der Waals surface area contributed by atoms with E-state index in [9.17, 15) is 17.6 Å². The van der Waals surface area contributed by atoms with Crippen molar-refractivity contribution in [1.82, 2.24) is 0 Å². The Morgan fingerprint density at radius 3 is 2.00 bits per heavy atom. The maximum atomic E-state index is 12.9. The van der Waals surface area contributed by atoms with E-state index < -0.39 is 28.8 Å². The summed E-state index contributed by atoms with van der Waals surface area (Å²) >= 11 is 0.749. The fourth-order valence-corrected chi connectivity index (χ4v) is 1.45. The van der Waals surface area contributed by atoms with Crippen molar-refractivity contribution in [3.05, 3.63) is 34.9 Å². The quantitative estimate of drug-likeness (QED) is 0.485. The van der Waals surface area contributed by atoms with Crippen LogP contribution in [0.25, 0.3) is 0 Å². The molecule has 0 unspecified atom stereocenters. The highest BCUT2D eigenvalue weighted by Crippen LogP contribution is 2.23. The lowest BCUT2D eigenvalue weighted by Crippen LogP contribution is -2.01. The van der Waals surface area contributed by atoms with Gasteiger partial charge in [0.05, 0.1) is 5.94 Å². The second-order valence-electron chi connectivity index (χ2n) is 2.42. The first-order valence-corrected chi connectivity index (χ1v) is 4.74. The summed E-state index contributed by atoms with van der Waals surface area (Å²) in [5, 5.41) is 8.38. The molecule has 78 valence electrons. The van der Waals surface area contributed by atoms with Crippen LogP contribution < -0.4 is 0 Å². The van der Waals surface area contributed by atoms with E-state index >= 15 is 0 Å². The molecule has 0 spiro atoms. The zero-order valence-electron chi connectivity index (χ0n) is 6.86. The molecule has 0 aliphatic rings. The van der Waals surface area contributed by atoms with Crippen molar-refractivity contribution in [2.75, 3.05) is 5.94 Å². The fraction of sp³-hybridized carbons (Fsp3) is 0.250. The van der Waals surface area contributed by atoms with Crippen molar-refractivity contribution in [3.63, 3.8) is 0 Å². The van der Waals surface area contributed by atoms with Crippen molar-refractivity contribution < 1.29 is 22.7 Å². The predicted octanol–water partition coefficient (Wildman–Crippen LogP) is 2.43. The minimum absolute atomic E-state index is 0.151. The maximum absolute atomic E-state index is 12.9. The summed E-state index contributed by atoms with van der Waals surface area (Å²) in [5.41, 5.74) is -0.693. The van der Waals surface area contributed by atoms with Gasteiger partial charge in [0.15, 0.2) is 23.3 Å². The molecule has 14 heavy (non-hydrogen) atoms. The van der Waals surface area contributed by atoms with Gasteiger partial charge in [0.2, 0.25) is 0 Å². The Hall–Kier alpha value is -0.750. The first-order chi connectivity index (χ1) is 6.57. The van der Waals surface area contributed by atoms with E-state index in [-0.39, 0.29) is 17.8 Å². The number of aliphatic hydroxyl groups is 1. The second kappa shape index (κ2) is 4.65. The molecular formula is C8H6F4OS. The van der Waals surface area contributed by atoms with Gasteiger partial charge in [-0.3, -0.25) is 0 Å². The summed E-state index contributed by atoms with van der Waals surface area (Å²) in [5.74, 6) is -6.38. The second-order valence-corrected chi connectivity index (χ2v) is 3.38. The topological polar surface area (TPSA) is 20.2 Å². The number of hydrogen-bond donors (Lipinski definition) is 1. The van der Waals surface area contributed by atoms with Gasteiger partial charge >= 0.3 is 0 Å². The molecule has 0 fully saturated rings. The first-order valence-electron chi connectivity index (χ1n) is 3.58. The highest BCUT2D eigenvalue weighted by Gasteiger charge is 2.18. The van der Waals surface area contributed by atoms with Gasteiger partial charge in [-0.25, -0.2) is 17.6 Å². The Bertz CT molecular complexity index is 316. The zero-order valence-corrected chi connectivity index (χ0v) is 7.68. The van der Waals surface area contributed by atoms with Gasteiger partial charge < -0.3 is 5.11 Å². The molecule has 0 aromatic heterocycles. The van der Waals surface area contributed by atoms with Crippen molar-refractivity contribution in [1.29, 1.82) is 0 Å². The molecule has 1 aromatic rings. The molecule has 0 radical (unpaired) electrons. The molecule has 6 heteroatoms. The van der Waals surface area contributed by atoms with Crippen LogP contribution in [0.3, 0.4) is 0 Å². The number of aliphatic hydroxyl groups excluding tert-OH is 1. The van der Waals surface area contributed by atoms with E-state index in [1.165, 1.54) is 0 Å². The van der Waals surface area contributed by atoms with Gasteiger partial charge in [-0.2, -0.15) is 0 Å². The molecule has 1 rings (SSSR count). The third-order valence-corrected chi connectivity index (χ3v) is 2.22. The van der Waals surface area contributed by atoms with Gasteiger partial charge in [-0.05, 0) is 0 Å². The Labute approximate surface area is 81.7 Å². The SMILES string of the molecule is OCSCc1c(F)c(F)cc(F)c1F. The molecule has 0 heterocycles. The summed E-state index contributed by atoms with van der Waals surface area (Å²) in [7, 11) is 0. The van der Waals surface area contributed by atoms with Gasteiger partial charge in [-0.1, -0.05) is 0 Å². The molecule has 0 aliphatic heterocycles. The van der Waals surface area contributed by atoms with E-state index in [4.69, 9.17) is 5.11 Å². The monoisotopic (exact) mass is 226 g/mol. The van der Waals surface area contributed by atoms with Gasteiger partial charge in [0.1, 0.15) is 0 Å². The summed E-state index contributed by atoms with van der Waals surface area (Å²) in [6.07, 6.45) is 0. The van der Waals surface area contributed by atoms with Crippen LogP contribution in [0.15, 0.2) is 6.07 Å². The summed E-state index contributed by atoms with van der Waals surface area (Å²) in [6.45, 7) is 0. The molecule has 0 saturated heterocycles. The normalized spacial score (nSPS) is 10.6. The third kappa shape index (κ3) is 2.19. The van der Waals surface area contributed by atoms with E-state index in [0.717, 1.165) is 11.8 Å². The molecule has 1 nitrogen and oxygen atoms in total. The Kier molecular flexibility index (Phi) is 3.77. The number of halogens is 4. The largest absolute Gasteiger partial charge is 0.386 e. The van der Waals surface area contributed by atoms with Crippen molar-refractivity contribution in [3.8, 4) is 0 Å². The van der Waals surface area contributed by atoms with E-state index in [2.05, 4.69) is 0 Å². The van der Waals surface area contributed by atoms with E-state index in [1.54, 1.807) is 0 Å². The average Bonchev–Trinajstić information content (AvgIpc) is 2.15. The first kappa shape index (κ1) is 11.3. The number of benzene rings is 1. The number of rotatable bonds is 3. The maximum Gasteiger partial charge on any atom is 0.165 e. The molecular weight excluding hydrogens is 220 g/mol. The molecule has 1 N–H and O–H groups in total. The van der Waals surface area contributed by atoms with Crippen LogP contribution in [0.1, 0.15) is 5.56 Å². The van der Waals surface area contributed by atoms with Crippen LogP contribution >= 0.6 is 11.8 Å². The molecule has 0 saturated carbocycles. The molecule has 1 aromatic carbocycles. The molecule has 0 bridgehead atoms. The average molecular weight is 226 g/mol. The number of hydrogen-bond acceptors (Lipinski definition) is 2. The lowest BCUT2D eigenvalue weighted by molar-refractivity contribution is 0.375. The van der Waals surface area contributed by atoms with E-state index in [1.807, 2.05) is 0 Å². The molecule has 0 aliphatic carbocycles. The van der Waals surface area contributed by atoms with Crippen LogP contribution in [0.4, 0.5) is 17.6 Å². The standard InChI is InChI=1S/C8H6F4OS/c9-5-1-6(10)8(12)4(7(5)11)2-14-3-13/h1,13H,2-3H2. The van der Waals surface area contributed by atoms with Crippen molar-refractivity contribution in [2.45, 2.75) is 5.75 Å². The Morgan fingerprint density at radius 1 is 1.07 bits per heavy atom. The molecule has 0 amide bonds. The lowest BCUT2D eigenvalue weighted by Gasteiger charge is -2.05. The van der Waals surface area contributed by atoms with Crippen LogP contribution in [-0.2, 0) is 5.75 Å². The van der Waals surface area contributed by atoms with Crippen LogP contribution in [0.2, 0.25) is 0 Å². The zero-order chi connectivity index (χ0) is 10.7. The Balaban J connectivity index is 3.11. The highest BCUT2D eigenvalue weighted by molar-refractivity contribution is 7.98. The minimum Gasteiger partial charge on any atom is -0.386 e. The van der Waals surface area contributed by atoms with Gasteiger partial charge in [0.25, 0.3) is 0 Å². The predicted molar refractivity (Wildman–Crippen MR) is 44.7 cm³/mol. The van der Waals surface area contributed by atoms with Crippen molar-refractivity contribution >= 4 is 11.8 Å². The number of thioether (sulfide) groups is 1. The summed E-state index contributed by atoms with van der Waals surface area (Å²) in [4.78, 5) is 0.